The first kappa shape index (κ1) is 21.5. The Hall–Kier alpha value is -3.25. The van der Waals surface area contributed by atoms with Gasteiger partial charge in [-0.05, 0) is 66.6 Å². The minimum Gasteiger partial charge on any atom is -0.287 e. The minimum atomic E-state index is 0.0604. The van der Waals surface area contributed by atoms with Gasteiger partial charge in [-0.2, -0.15) is 0 Å². The quantitative estimate of drug-likeness (QED) is 0.418. The van der Waals surface area contributed by atoms with Crippen LogP contribution in [0, 0.1) is 23.7 Å². The molecule has 3 aromatic rings. The fourth-order valence-electron chi connectivity index (χ4n) is 2.37. The van der Waals surface area contributed by atoms with Gasteiger partial charge in [0.2, 0.25) is 0 Å². The Kier molecular flexibility index (Phi) is 7.51. The first-order chi connectivity index (χ1) is 14.5. The maximum absolute atomic E-state index is 11.1. The molecule has 0 fully saturated rings. The normalized spacial score (nSPS) is 9.67. The van der Waals surface area contributed by atoms with Crippen molar-refractivity contribution in [1.82, 2.24) is 4.98 Å². The van der Waals surface area contributed by atoms with Crippen LogP contribution in [0.1, 0.15) is 36.2 Å². The number of aromatic nitrogens is 1. The molecule has 30 heavy (non-hydrogen) atoms. The highest BCUT2D eigenvalue weighted by molar-refractivity contribution is 8.13. The maximum atomic E-state index is 11.1. The van der Waals surface area contributed by atoms with Crippen LogP contribution in [0.15, 0.2) is 76.7 Å². The molecular formula is C25H17NO2S2. The van der Waals surface area contributed by atoms with Crippen LogP contribution >= 0.6 is 23.5 Å². The van der Waals surface area contributed by atoms with Crippen molar-refractivity contribution in [2.45, 2.75) is 23.6 Å². The molecule has 3 nitrogen and oxygen atoms in total. The van der Waals surface area contributed by atoms with Gasteiger partial charge in [0, 0.05) is 46.5 Å². The molecule has 5 heteroatoms. The van der Waals surface area contributed by atoms with Crippen LogP contribution in [0.4, 0.5) is 0 Å². The number of benzene rings is 2. The van der Waals surface area contributed by atoms with E-state index in [2.05, 4.69) is 28.7 Å². The lowest BCUT2D eigenvalue weighted by Gasteiger charge is -1.97. The van der Waals surface area contributed by atoms with E-state index in [1.165, 1.54) is 23.5 Å². The van der Waals surface area contributed by atoms with Crippen LogP contribution in [0.25, 0.3) is 0 Å². The van der Waals surface area contributed by atoms with Gasteiger partial charge in [-0.1, -0.05) is 41.3 Å². The van der Waals surface area contributed by atoms with E-state index in [1.54, 1.807) is 20.0 Å². The molecule has 0 atom stereocenters. The number of hydrogen-bond donors (Lipinski definition) is 0. The summed E-state index contributed by atoms with van der Waals surface area (Å²) in [6.45, 7) is 3.09. The molecule has 0 bridgehead atoms. The molecule has 0 N–H and O–H groups in total. The first-order valence-corrected chi connectivity index (χ1v) is 10.7. The van der Waals surface area contributed by atoms with Crippen molar-refractivity contribution in [3.8, 4) is 23.7 Å². The third-order valence-corrected chi connectivity index (χ3v) is 5.27. The number of carbonyl (C=O) groups is 2. The van der Waals surface area contributed by atoms with Crippen LogP contribution in [-0.4, -0.2) is 15.2 Å². The van der Waals surface area contributed by atoms with E-state index < -0.39 is 0 Å². The zero-order valence-corrected chi connectivity index (χ0v) is 18.1. The highest BCUT2D eigenvalue weighted by atomic mass is 32.2. The van der Waals surface area contributed by atoms with Gasteiger partial charge in [0.15, 0.2) is 10.2 Å². The summed E-state index contributed by atoms with van der Waals surface area (Å²) in [6, 6.07) is 18.8. The molecule has 1 aromatic heterocycles. The fourth-order valence-corrected chi connectivity index (χ4v) is 3.58. The molecule has 0 amide bonds. The Bertz CT molecular complexity index is 1080. The first-order valence-electron chi connectivity index (χ1n) is 9.05. The van der Waals surface area contributed by atoms with Crippen molar-refractivity contribution in [2.75, 3.05) is 0 Å². The number of pyridine rings is 1. The molecule has 0 unspecified atom stereocenters. The van der Waals surface area contributed by atoms with Crippen molar-refractivity contribution in [3.63, 3.8) is 0 Å². The topological polar surface area (TPSA) is 47.0 Å². The van der Waals surface area contributed by atoms with Gasteiger partial charge in [0.1, 0.15) is 5.69 Å². The predicted octanol–water partition coefficient (Wildman–Crippen LogP) is 5.16. The lowest BCUT2D eigenvalue weighted by atomic mass is 10.2. The van der Waals surface area contributed by atoms with Gasteiger partial charge in [0.25, 0.3) is 0 Å². The Labute approximate surface area is 184 Å². The molecule has 0 aliphatic rings. The van der Waals surface area contributed by atoms with Crippen molar-refractivity contribution in [2.24, 2.45) is 0 Å². The average Bonchev–Trinajstić information content (AvgIpc) is 2.73. The van der Waals surface area contributed by atoms with Crippen LogP contribution in [0.3, 0.4) is 0 Å². The number of rotatable bonds is 2. The summed E-state index contributed by atoms with van der Waals surface area (Å²) >= 11 is 2.41. The summed E-state index contributed by atoms with van der Waals surface area (Å²) in [5.41, 5.74) is 3.19. The van der Waals surface area contributed by atoms with Crippen molar-refractivity contribution < 1.29 is 9.59 Å². The Morgan fingerprint density at radius 3 is 1.50 bits per heavy atom. The molecule has 0 saturated heterocycles. The SMILES string of the molecule is CC(=O)Sc1ccc(C#Cc2ccc(C#Cc3ccc(SC(C)=O)cc3)nc2)cc1. The van der Waals surface area contributed by atoms with Gasteiger partial charge >= 0.3 is 0 Å². The van der Waals surface area contributed by atoms with Crippen molar-refractivity contribution in [3.05, 3.63) is 89.2 Å². The zero-order valence-electron chi connectivity index (χ0n) is 16.4. The van der Waals surface area contributed by atoms with Crippen molar-refractivity contribution >= 4 is 33.8 Å². The molecular weight excluding hydrogens is 410 g/mol. The van der Waals surface area contributed by atoms with Crippen LogP contribution < -0.4 is 0 Å². The third-order valence-electron chi connectivity index (χ3n) is 3.68. The summed E-state index contributed by atoms with van der Waals surface area (Å²) in [7, 11) is 0. The average molecular weight is 428 g/mol. The predicted molar refractivity (Wildman–Crippen MR) is 122 cm³/mol. The Morgan fingerprint density at radius 1 is 0.633 bits per heavy atom. The maximum Gasteiger partial charge on any atom is 0.190 e. The fraction of sp³-hybridized carbons (Fsp3) is 0.0800. The zero-order chi connectivity index (χ0) is 21.3. The second kappa shape index (κ2) is 10.5. The summed E-state index contributed by atoms with van der Waals surface area (Å²) < 4.78 is 0. The second-order valence-corrected chi connectivity index (χ2v) is 8.67. The highest BCUT2D eigenvalue weighted by Gasteiger charge is 1.99. The highest BCUT2D eigenvalue weighted by Crippen LogP contribution is 2.19. The van der Waals surface area contributed by atoms with Crippen LogP contribution in [-0.2, 0) is 9.59 Å². The van der Waals surface area contributed by atoms with E-state index in [-0.39, 0.29) is 10.2 Å². The van der Waals surface area contributed by atoms with E-state index in [0.717, 1.165) is 26.5 Å². The largest absolute Gasteiger partial charge is 0.287 e. The Morgan fingerprint density at radius 2 is 1.07 bits per heavy atom. The van der Waals surface area contributed by atoms with Gasteiger partial charge in [-0.15, -0.1) is 0 Å². The number of hydrogen-bond acceptors (Lipinski definition) is 5. The third kappa shape index (κ3) is 6.97. The van der Waals surface area contributed by atoms with Crippen LogP contribution in [0.5, 0.6) is 0 Å². The number of thioether (sulfide) groups is 2. The molecule has 1 heterocycles. The summed E-state index contributed by atoms with van der Waals surface area (Å²) in [4.78, 5) is 28.4. The lowest BCUT2D eigenvalue weighted by molar-refractivity contribution is -0.109. The van der Waals surface area contributed by atoms with E-state index in [1.807, 2.05) is 60.7 Å². The lowest BCUT2D eigenvalue weighted by Crippen LogP contribution is -1.85. The van der Waals surface area contributed by atoms with E-state index in [0.29, 0.717) is 5.69 Å². The molecule has 2 aromatic carbocycles. The van der Waals surface area contributed by atoms with Gasteiger partial charge < -0.3 is 0 Å². The summed E-state index contributed by atoms with van der Waals surface area (Å²) in [5, 5.41) is 0.123. The summed E-state index contributed by atoms with van der Waals surface area (Å²) in [5.74, 6) is 12.3. The van der Waals surface area contributed by atoms with Gasteiger partial charge in [-0.25, -0.2) is 4.98 Å². The number of carbonyl (C=O) groups excluding carboxylic acids is 2. The Balaban J connectivity index is 1.63. The standard InChI is InChI=1S/C25H17NO2S2/c1-18(27)29-24-13-7-20(8-14-24)3-4-22-6-12-23(26-17-22)11-5-21-9-15-25(16-10-21)30-19(2)28/h6-10,12-17H,1-2H3. The minimum absolute atomic E-state index is 0.0604. The molecule has 0 aliphatic carbocycles. The van der Waals surface area contributed by atoms with Crippen molar-refractivity contribution in [1.29, 1.82) is 0 Å². The van der Waals surface area contributed by atoms with E-state index in [4.69, 9.17) is 0 Å². The van der Waals surface area contributed by atoms with Gasteiger partial charge in [0.05, 0.1) is 0 Å². The van der Waals surface area contributed by atoms with E-state index >= 15 is 0 Å². The molecule has 0 saturated carbocycles. The molecule has 0 radical (unpaired) electrons. The molecule has 0 spiro atoms. The van der Waals surface area contributed by atoms with Gasteiger partial charge in [-0.3, -0.25) is 9.59 Å². The smallest absolute Gasteiger partial charge is 0.190 e. The molecule has 0 aliphatic heterocycles. The number of nitrogens with zero attached hydrogens (tertiary/aromatic N) is 1. The molecule has 146 valence electrons. The summed E-state index contributed by atoms with van der Waals surface area (Å²) in [6.07, 6.45) is 1.70. The van der Waals surface area contributed by atoms with E-state index in [9.17, 15) is 9.59 Å². The molecule has 3 rings (SSSR count). The van der Waals surface area contributed by atoms with Crippen LogP contribution in [0.2, 0.25) is 0 Å². The monoisotopic (exact) mass is 427 g/mol. The second-order valence-electron chi connectivity index (χ2n) is 6.17.